The third-order valence-electron chi connectivity index (χ3n) is 20.2. The van der Waals surface area contributed by atoms with Gasteiger partial charge in [0.05, 0.1) is 93.8 Å². The SMILES string of the molecule is C#CC(C)(C)OC.COC(C)(C)C#Cc1cc(F)cc(N(CC(F)F)c2nc3nnc(C)n3c3cccc(F)c23)c1.Cc1nnc2nc(N(CC(F)F)c3cc(F)cc(Br)c3)c3c(F)cccc3n12.Fc1cc(Br)cc(N(CC(F)F)c2nc(Cl)nc3cccc(F)c23)c1.Fc1cc(Br)cc(NCC(F)F)c1.Fc1cccc2nc(Cl)nc(Cl)c12.NCc1nc(N(CC(F)F)c2cc(F)cc(Br)c2)c2c(F)cccc2n1. The number of anilines is 9. The van der Waals surface area contributed by atoms with Gasteiger partial charge in [0.15, 0.2) is 0 Å². The molecule has 764 valence electrons. The van der Waals surface area contributed by atoms with Gasteiger partial charge in [-0.15, -0.1) is 26.8 Å². The van der Waals surface area contributed by atoms with Gasteiger partial charge in [0.25, 0.3) is 43.7 Å². The Labute approximate surface area is 866 Å². The lowest BCUT2D eigenvalue weighted by Crippen LogP contribution is -2.26. The Bertz CT molecular complexity index is 7610. The highest BCUT2D eigenvalue weighted by Crippen LogP contribution is 2.42. The number of nitrogens with one attached hydrogen (secondary N) is 1. The average molecular weight is 2360 g/mol. The van der Waals surface area contributed by atoms with E-state index in [1.54, 1.807) is 53.0 Å². The van der Waals surface area contributed by atoms with E-state index in [2.05, 4.69) is 147 Å². The Morgan fingerprint density at radius 3 is 1.11 bits per heavy atom. The molecule has 0 atom stereocenters. The molecule has 0 spiro atoms. The molecule has 10 aromatic carbocycles. The summed E-state index contributed by atoms with van der Waals surface area (Å²) in [5.74, 6) is 2.77. The predicted molar refractivity (Wildman–Crippen MR) is 535 cm³/mol. The maximum atomic E-state index is 15.1. The number of fused-ring (bicyclic) bond motifs is 9. The van der Waals surface area contributed by atoms with Gasteiger partial charge >= 0.3 is 0 Å². The second-order valence-electron chi connectivity index (χ2n) is 31.4. The molecule has 0 amide bonds. The zero-order valence-electron chi connectivity index (χ0n) is 76.7. The van der Waals surface area contributed by atoms with Gasteiger partial charge in [-0.25, -0.2) is 113 Å². The molecule has 49 heteroatoms. The standard InChI is InChI=1S/C24H21F4N5O.C18H12BrF4N5.C17H13BrF4N4.C16H9BrClF4N3.C8H7BrF3N.C8H3Cl2FN2.C6H10O/c1-14-30-31-23-29-22(21-18(26)6-5-7-19(21)33(14)23)32(13-20(27)28)17-11-15(10-16(25)12-17)8-9-24(2,3)34-4;1-9-25-26-18-24-17(16-13(21)3-2-4-14(16)28(9)18)27(8-15(22)23)12-6-10(19)5-11(20)7-12;18-9-4-10(19)6-11(5-9)26(8-14(21)22)17-16-12(20)2-1-3-13(16)24-15(7-23)25-17;17-8-4-9(19)6-10(5-8)25(7-13(21)22)15-14-11(20)2-1-3-12(14)23-16(18)24-15;9-5-1-6(10)3-7(2-5)13-4-8(11)12;9-7-6-4(11)2-1-3-5(6)12-8(10)13-7;1-5-6(2,3)7-4/h5-7,10-12,20H,13H2,1-4H3;2-7,15H,8H2,1H3;1-6,14H,7-8,23H2;1-6,13H,7H2;1-3,8,13H,4H2;1-3H;1H,2-4H3. The van der Waals surface area contributed by atoms with Crippen LogP contribution < -0.4 is 30.7 Å². The fourth-order valence-corrected chi connectivity index (χ4v) is 16.1. The topological polar surface area (TPSA) is 233 Å². The number of nitrogens with two attached hydrogens (primary N) is 1. The van der Waals surface area contributed by atoms with Gasteiger partial charge < -0.3 is 40.1 Å². The van der Waals surface area contributed by atoms with E-state index < -0.39 is 129 Å². The van der Waals surface area contributed by atoms with Crippen LogP contribution in [0.5, 0.6) is 0 Å². The van der Waals surface area contributed by atoms with Crippen LogP contribution in [-0.2, 0) is 16.0 Å². The summed E-state index contributed by atoms with van der Waals surface area (Å²) in [6.07, 6.45) is -8.55. The first kappa shape index (κ1) is 114. The minimum absolute atomic E-state index is 0.0129. The predicted octanol–water partition coefficient (Wildman–Crippen LogP) is 27.7. The number of nitrogens with zero attached hydrogens (tertiary/aromatic N) is 18. The second-order valence-corrected chi connectivity index (χ2v) is 36.1. The molecule has 146 heavy (non-hydrogen) atoms. The average Bonchev–Trinajstić information content (AvgIpc) is 1.52. The highest BCUT2D eigenvalue weighted by Gasteiger charge is 2.31. The molecule has 17 rings (SSSR count). The van der Waals surface area contributed by atoms with Crippen LogP contribution in [-0.4, -0.2) is 159 Å². The van der Waals surface area contributed by atoms with Gasteiger partial charge in [0.2, 0.25) is 10.6 Å². The van der Waals surface area contributed by atoms with Crippen molar-refractivity contribution in [2.75, 3.05) is 71.9 Å². The van der Waals surface area contributed by atoms with Crippen molar-refractivity contribution in [2.45, 2.75) is 91.4 Å². The number of terminal acetylenes is 1. The van der Waals surface area contributed by atoms with Gasteiger partial charge in [-0.2, -0.15) is 15.0 Å². The summed E-state index contributed by atoms with van der Waals surface area (Å²) in [4.78, 5) is 36.4. The first-order valence-electron chi connectivity index (χ1n) is 42.2. The molecule has 0 aliphatic rings. The van der Waals surface area contributed by atoms with Crippen molar-refractivity contribution < 1.29 is 97.3 Å². The van der Waals surface area contributed by atoms with Gasteiger partial charge in [-0.1, -0.05) is 123 Å². The Morgan fingerprint density at radius 1 is 0.397 bits per heavy atom. The molecule has 0 unspecified atom stereocenters. The van der Waals surface area contributed by atoms with Crippen LogP contribution in [0.15, 0.2) is 200 Å². The number of ether oxygens (including phenoxy) is 2. The van der Waals surface area contributed by atoms with E-state index in [9.17, 15) is 83.4 Å². The van der Waals surface area contributed by atoms with Gasteiger partial charge in [-0.3, -0.25) is 8.80 Å². The van der Waals surface area contributed by atoms with Crippen molar-refractivity contribution in [1.82, 2.24) is 69.1 Å². The summed E-state index contributed by atoms with van der Waals surface area (Å²) in [5.41, 5.74) is 6.80. The fraction of sp³-hybridized carbons (Fsp3) is 0.216. The Hall–Kier alpha value is -12.8. The monoisotopic (exact) mass is 2350 g/mol. The molecule has 7 aromatic heterocycles. The number of aromatic nitrogens is 14. The van der Waals surface area contributed by atoms with Crippen LogP contribution in [0.3, 0.4) is 0 Å². The van der Waals surface area contributed by atoms with Crippen LogP contribution in [0.2, 0.25) is 15.7 Å². The highest BCUT2D eigenvalue weighted by atomic mass is 79.9. The van der Waals surface area contributed by atoms with Gasteiger partial charge in [0.1, 0.15) is 115 Å². The minimum Gasteiger partial charge on any atom is -0.379 e. The van der Waals surface area contributed by atoms with Crippen molar-refractivity contribution in [2.24, 2.45) is 5.73 Å². The maximum Gasteiger partial charge on any atom is 0.257 e. The van der Waals surface area contributed by atoms with E-state index in [0.717, 1.165) is 56.0 Å². The first-order chi connectivity index (χ1) is 69.0. The molecule has 0 saturated heterocycles. The Morgan fingerprint density at radius 2 is 0.740 bits per heavy atom. The largest absolute Gasteiger partial charge is 0.379 e. The molecular formula is C97H75Br4Cl3F20N20O2. The van der Waals surface area contributed by atoms with Crippen molar-refractivity contribution in [3.05, 3.63) is 297 Å². The quantitative estimate of drug-likeness (QED) is 0.0278. The van der Waals surface area contributed by atoms with E-state index >= 15 is 4.39 Å². The summed E-state index contributed by atoms with van der Waals surface area (Å²) in [7, 11) is 3.09. The number of benzene rings is 10. The molecule has 7 heterocycles. The van der Waals surface area contributed by atoms with Crippen LogP contribution >= 0.6 is 98.5 Å². The lowest BCUT2D eigenvalue weighted by atomic mass is 10.1. The third-order valence-corrected chi connectivity index (χ3v) is 22.7. The molecule has 0 aliphatic heterocycles. The number of methoxy groups -OCH3 is 2. The second kappa shape index (κ2) is 50.6. The van der Waals surface area contributed by atoms with Crippen LogP contribution in [0.1, 0.15) is 50.7 Å². The van der Waals surface area contributed by atoms with E-state index in [1.807, 2.05) is 13.8 Å². The summed E-state index contributed by atoms with van der Waals surface area (Å²) in [5, 5.41) is 18.1. The summed E-state index contributed by atoms with van der Waals surface area (Å²) in [6.45, 7) is 6.65. The van der Waals surface area contributed by atoms with E-state index in [4.69, 9.17) is 56.4 Å². The van der Waals surface area contributed by atoms with Crippen molar-refractivity contribution in [1.29, 1.82) is 0 Å². The number of hydrogen-bond donors (Lipinski definition) is 2. The van der Waals surface area contributed by atoms with Gasteiger partial charge in [0, 0.05) is 66.1 Å². The van der Waals surface area contributed by atoms with E-state index in [0.29, 0.717) is 51.8 Å². The summed E-state index contributed by atoms with van der Waals surface area (Å²) in [6, 6.07) is 40.1. The molecule has 0 bridgehead atoms. The number of rotatable bonds is 22. The number of halogens is 27. The minimum atomic E-state index is -2.83. The van der Waals surface area contributed by atoms with Crippen LogP contribution in [0, 0.1) is 96.2 Å². The molecule has 0 fully saturated rings. The number of hydrogen-bond acceptors (Lipinski definition) is 20. The lowest BCUT2D eigenvalue weighted by molar-refractivity contribution is 0.0740. The van der Waals surface area contributed by atoms with Crippen molar-refractivity contribution >= 4 is 216 Å². The number of alkyl halides is 10. The molecule has 22 nitrogen and oxygen atoms in total. The lowest BCUT2D eigenvalue weighted by Gasteiger charge is -2.25. The van der Waals surface area contributed by atoms with Gasteiger partial charge in [-0.05, 0) is 216 Å². The molecule has 3 N–H and O–H groups in total. The Balaban J connectivity index is 0.000000168. The maximum absolute atomic E-state index is 15.1. The molecule has 0 radical (unpaired) electrons. The normalized spacial score (nSPS) is 11.3. The van der Waals surface area contributed by atoms with E-state index in [1.165, 1.54) is 143 Å². The highest BCUT2D eigenvalue weighted by molar-refractivity contribution is 9.11. The van der Waals surface area contributed by atoms with Crippen LogP contribution in [0.25, 0.3) is 66.1 Å². The summed E-state index contributed by atoms with van der Waals surface area (Å²) < 4.78 is 286. The van der Waals surface area contributed by atoms with E-state index in [-0.39, 0.29) is 135 Å². The van der Waals surface area contributed by atoms with Crippen molar-refractivity contribution in [3.8, 4) is 24.2 Å². The third kappa shape index (κ3) is 29.8. The Kier molecular flexibility index (Phi) is 39.3. The fourth-order valence-electron chi connectivity index (χ4n) is 13.6. The number of aryl methyl sites for hydroxylation is 2. The van der Waals surface area contributed by atoms with Crippen LogP contribution in [0.4, 0.5) is 140 Å². The zero-order chi connectivity index (χ0) is 107. The molecular weight excluding hydrogens is 2280 g/mol. The molecule has 0 aliphatic carbocycles. The molecule has 17 aromatic rings. The van der Waals surface area contributed by atoms with Crippen molar-refractivity contribution in [3.63, 3.8) is 0 Å². The smallest absolute Gasteiger partial charge is 0.257 e. The molecule has 0 saturated carbocycles. The zero-order valence-corrected chi connectivity index (χ0v) is 85.3. The summed E-state index contributed by atoms with van der Waals surface area (Å²) >= 11 is 29.6. The first-order valence-corrected chi connectivity index (χ1v) is 46.5.